The standard InChI is InChI=1S/C29H23ClN8O3S/c1-16(37-27-23-21(39)11-12-32-26(23)35-15-36-27)25-24(30)20-10-6-9-19(17-13-33-29(34-14-17)42(2,31)41)22(20)28(40)38(25)18-7-4-3-5-8-18/h3-16,31H,1-2H3,(H2,32,35,36,37,39)/t16-,42?/m0/s1. The molecule has 2 atom stereocenters. The van der Waals surface area contributed by atoms with E-state index in [2.05, 4.69) is 30.2 Å². The Morgan fingerprint density at radius 2 is 1.71 bits per heavy atom. The summed E-state index contributed by atoms with van der Waals surface area (Å²) in [5.74, 6) is 0.297. The third kappa shape index (κ3) is 4.70. The molecule has 6 rings (SSSR count). The van der Waals surface area contributed by atoms with Crippen LogP contribution < -0.4 is 16.3 Å². The Morgan fingerprint density at radius 1 is 0.976 bits per heavy atom. The highest BCUT2D eigenvalue weighted by molar-refractivity contribution is 7.91. The van der Waals surface area contributed by atoms with E-state index in [1.807, 2.05) is 25.1 Å². The van der Waals surface area contributed by atoms with Crippen molar-refractivity contribution in [3.63, 3.8) is 0 Å². The molecule has 210 valence electrons. The summed E-state index contributed by atoms with van der Waals surface area (Å²) in [5.41, 5.74) is 1.86. The first kappa shape index (κ1) is 27.2. The fraction of sp³-hybridized carbons (Fsp3) is 0.103. The molecule has 4 aromatic heterocycles. The maximum Gasteiger partial charge on any atom is 0.263 e. The molecule has 3 N–H and O–H groups in total. The van der Waals surface area contributed by atoms with Gasteiger partial charge in [0.15, 0.2) is 5.43 Å². The van der Waals surface area contributed by atoms with E-state index in [0.717, 1.165) is 0 Å². The predicted octanol–water partition coefficient (Wildman–Crippen LogP) is 4.94. The Hall–Kier alpha value is -4.94. The Morgan fingerprint density at radius 3 is 2.43 bits per heavy atom. The third-order valence-electron chi connectivity index (χ3n) is 6.80. The van der Waals surface area contributed by atoms with Gasteiger partial charge in [0.1, 0.15) is 32.9 Å². The van der Waals surface area contributed by atoms with Crippen LogP contribution in [0.15, 0.2) is 94.3 Å². The average molecular weight is 599 g/mol. The lowest BCUT2D eigenvalue weighted by Gasteiger charge is -2.24. The maximum absolute atomic E-state index is 14.4. The number of nitrogens with zero attached hydrogens (tertiary/aromatic N) is 5. The summed E-state index contributed by atoms with van der Waals surface area (Å²) in [4.78, 5) is 46.8. The minimum Gasteiger partial charge on any atom is -0.361 e. The van der Waals surface area contributed by atoms with E-state index in [1.54, 1.807) is 30.3 Å². The lowest BCUT2D eigenvalue weighted by atomic mass is 9.99. The van der Waals surface area contributed by atoms with Crippen LogP contribution >= 0.6 is 11.6 Å². The number of anilines is 1. The number of aromatic nitrogens is 6. The molecule has 0 amide bonds. The first-order valence-corrected chi connectivity index (χ1v) is 15.1. The molecule has 0 spiro atoms. The molecule has 4 heterocycles. The molecule has 11 nitrogen and oxygen atoms in total. The van der Waals surface area contributed by atoms with Gasteiger partial charge in [-0.15, -0.1) is 0 Å². The van der Waals surface area contributed by atoms with Gasteiger partial charge in [-0.25, -0.2) is 28.9 Å². The third-order valence-corrected chi connectivity index (χ3v) is 8.10. The molecule has 0 aliphatic rings. The highest BCUT2D eigenvalue weighted by Crippen LogP contribution is 2.36. The molecule has 0 fully saturated rings. The second kappa shape index (κ2) is 10.5. The van der Waals surface area contributed by atoms with Crippen molar-refractivity contribution in [3.8, 4) is 16.8 Å². The summed E-state index contributed by atoms with van der Waals surface area (Å²) in [6.45, 7) is 1.83. The molecule has 0 radical (unpaired) electrons. The summed E-state index contributed by atoms with van der Waals surface area (Å²) >= 11 is 7.13. The topological polar surface area (TPSA) is 159 Å². The van der Waals surface area contributed by atoms with Gasteiger partial charge in [0, 0.05) is 47.5 Å². The molecule has 42 heavy (non-hydrogen) atoms. The van der Waals surface area contributed by atoms with Crippen molar-refractivity contribution in [2.45, 2.75) is 18.1 Å². The van der Waals surface area contributed by atoms with Gasteiger partial charge in [-0.05, 0) is 24.6 Å². The van der Waals surface area contributed by atoms with Crippen molar-refractivity contribution in [2.24, 2.45) is 0 Å². The van der Waals surface area contributed by atoms with Gasteiger partial charge in [-0.1, -0.05) is 48.0 Å². The van der Waals surface area contributed by atoms with E-state index >= 15 is 0 Å². The van der Waals surface area contributed by atoms with Crippen LogP contribution in [-0.4, -0.2) is 40.0 Å². The van der Waals surface area contributed by atoms with E-state index in [-0.39, 0.29) is 21.5 Å². The molecule has 0 aliphatic carbocycles. The minimum atomic E-state index is -3.11. The smallest absolute Gasteiger partial charge is 0.263 e. The molecule has 1 unspecified atom stereocenters. The van der Waals surface area contributed by atoms with Crippen molar-refractivity contribution < 1.29 is 4.21 Å². The van der Waals surface area contributed by atoms with E-state index in [1.165, 1.54) is 41.8 Å². The number of fused-ring (bicyclic) bond motifs is 2. The van der Waals surface area contributed by atoms with Crippen molar-refractivity contribution >= 4 is 49.0 Å². The van der Waals surface area contributed by atoms with Gasteiger partial charge in [0.25, 0.3) is 5.56 Å². The van der Waals surface area contributed by atoms with E-state index in [0.29, 0.717) is 49.8 Å². The van der Waals surface area contributed by atoms with Crippen LogP contribution in [0.5, 0.6) is 0 Å². The van der Waals surface area contributed by atoms with Crippen molar-refractivity contribution in [1.82, 2.24) is 29.5 Å². The van der Waals surface area contributed by atoms with Crippen molar-refractivity contribution in [1.29, 1.82) is 4.78 Å². The van der Waals surface area contributed by atoms with E-state index in [9.17, 15) is 13.8 Å². The molecule has 0 saturated carbocycles. The second-order valence-electron chi connectivity index (χ2n) is 9.66. The van der Waals surface area contributed by atoms with E-state index in [4.69, 9.17) is 16.4 Å². The lowest BCUT2D eigenvalue weighted by molar-refractivity contribution is 0.671. The second-order valence-corrected chi connectivity index (χ2v) is 12.1. The zero-order valence-corrected chi connectivity index (χ0v) is 23.9. The van der Waals surface area contributed by atoms with Crippen molar-refractivity contribution in [2.75, 3.05) is 11.6 Å². The SMILES string of the molecule is C[C@H](Nc1ncnc2[nH]ccc(=O)c12)c1c(Cl)c2cccc(-c3cnc(S(C)(=N)=O)nc3)c2c(=O)n1-c1ccccc1. The van der Waals surface area contributed by atoms with Gasteiger partial charge >= 0.3 is 0 Å². The highest BCUT2D eigenvalue weighted by atomic mass is 35.5. The van der Waals surface area contributed by atoms with Gasteiger partial charge in [-0.2, -0.15) is 0 Å². The maximum atomic E-state index is 14.4. The predicted molar refractivity (Wildman–Crippen MR) is 163 cm³/mol. The van der Waals surface area contributed by atoms with Crippen LogP contribution in [0.1, 0.15) is 18.7 Å². The first-order valence-electron chi connectivity index (χ1n) is 12.7. The van der Waals surface area contributed by atoms with Crippen LogP contribution in [0.25, 0.3) is 38.6 Å². The van der Waals surface area contributed by atoms with Gasteiger partial charge < -0.3 is 10.3 Å². The van der Waals surface area contributed by atoms with Crippen LogP contribution in [0.4, 0.5) is 5.82 Å². The number of H-pyrrole nitrogens is 1. The zero-order valence-electron chi connectivity index (χ0n) is 22.3. The first-order chi connectivity index (χ1) is 20.1. The largest absolute Gasteiger partial charge is 0.361 e. The van der Waals surface area contributed by atoms with E-state index < -0.39 is 15.8 Å². The molecule has 0 bridgehead atoms. The molecule has 13 heteroatoms. The number of hydrogen-bond acceptors (Lipinski definition) is 9. The van der Waals surface area contributed by atoms with Gasteiger partial charge in [-0.3, -0.25) is 14.2 Å². The molecular formula is C29H23ClN8O3S. The summed E-state index contributed by atoms with van der Waals surface area (Å²) < 4.78 is 21.4. The molecule has 0 aliphatic heterocycles. The molecule has 0 saturated heterocycles. The average Bonchev–Trinajstić information content (AvgIpc) is 2.98. The minimum absolute atomic E-state index is 0.0931. The number of benzene rings is 2. The summed E-state index contributed by atoms with van der Waals surface area (Å²) in [7, 11) is -3.11. The summed E-state index contributed by atoms with van der Waals surface area (Å²) in [5, 5.41) is 4.63. The number of pyridine rings is 2. The Balaban J connectivity index is 1.59. The van der Waals surface area contributed by atoms with Crippen LogP contribution in [0.3, 0.4) is 0 Å². The number of para-hydroxylation sites is 1. The summed E-state index contributed by atoms with van der Waals surface area (Å²) in [6, 6.07) is 15.2. The molecule has 2 aromatic carbocycles. The monoisotopic (exact) mass is 598 g/mol. The fourth-order valence-corrected chi connectivity index (χ4v) is 5.84. The number of rotatable bonds is 6. The summed E-state index contributed by atoms with van der Waals surface area (Å²) in [6.07, 6.45) is 7.00. The Labute approximate surface area is 244 Å². The van der Waals surface area contributed by atoms with Crippen LogP contribution in [0.2, 0.25) is 5.02 Å². The molecule has 6 aromatic rings. The molecular weight excluding hydrogens is 576 g/mol. The fourth-order valence-electron chi connectivity index (χ4n) is 4.93. The number of halogens is 1. The number of hydrogen-bond donors (Lipinski definition) is 3. The quantitative estimate of drug-likeness (QED) is 0.227. The zero-order chi connectivity index (χ0) is 29.6. The Bertz CT molecular complexity index is 2210. The van der Waals surface area contributed by atoms with Crippen LogP contribution in [0, 0.1) is 4.78 Å². The normalized spacial score (nSPS) is 13.6. The Kier molecular flexibility index (Phi) is 6.79. The van der Waals surface area contributed by atoms with Crippen molar-refractivity contribution in [3.05, 3.63) is 111 Å². The van der Waals surface area contributed by atoms with Gasteiger partial charge in [0.2, 0.25) is 5.16 Å². The lowest BCUT2D eigenvalue weighted by Crippen LogP contribution is -2.27. The highest BCUT2D eigenvalue weighted by Gasteiger charge is 2.24. The van der Waals surface area contributed by atoms with Crippen LogP contribution in [-0.2, 0) is 9.73 Å². The number of nitrogens with one attached hydrogen (secondary N) is 3. The number of aromatic amines is 1. The van der Waals surface area contributed by atoms with Gasteiger partial charge in [0.05, 0.1) is 22.1 Å².